The molecular formula is C14H18O. The Hall–Kier alpha value is -1.34. The van der Waals surface area contributed by atoms with E-state index in [4.69, 9.17) is 4.74 Å². The molecule has 0 saturated heterocycles. The zero-order chi connectivity index (χ0) is 11.1. The van der Waals surface area contributed by atoms with Gasteiger partial charge in [-0.25, -0.2) is 0 Å². The van der Waals surface area contributed by atoms with Gasteiger partial charge < -0.3 is 4.74 Å². The van der Waals surface area contributed by atoms with Crippen molar-refractivity contribution in [2.75, 3.05) is 6.61 Å². The lowest BCUT2D eigenvalue weighted by molar-refractivity contribution is 0.148. The van der Waals surface area contributed by atoms with E-state index in [0.717, 1.165) is 5.56 Å². The SMILES string of the molecule is C=Cc1ccccc1COCC=C(C)C. The van der Waals surface area contributed by atoms with Gasteiger partial charge in [0.15, 0.2) is 0 Å². The molecule has 15 heavy (non-hydrogen) atoms. The molecule has 0 amide bonds. The Labute approximate surface area is 92.1 Å². The van der Waals surface area contributed by atoms with Gasteiger partial charge in [0, 0.05) is 0 Å². The maximum Gasteiger partial charge on any atom is 0.0726 e. The van der Waals surface area contributed by atoms with Crippen LogP contribution in [-0.4, -0.2) is 6.61 Å². The van der Waals surface area contributed by atoms with Crippen molar-refractivity contribution in [3.05, 3.63) is 53.6 Å². The van der Waals surface area contributed by atoms with Gasteiger partial charge in [0.1, 0.15) is 0 Å². The van der Waals surface area contributed by atoms with Gasteiger partial charge in [-0.15, -0.1) is 0 Å². The van der Waals surface area contributed by atoms with Gasteiger partial charge in [0.25, 0.3) is 0 Å². The Morgan fingerprint density at radius 3 is 2.73 bits per heavy atom. The molecule has 0 aliphatic rings. The third-order valence-corrected chi connectivity index (χ3v) is 2.14. The number of benzene rings is 1. The molecule has 0 atom stereocenters. The molecule has 1 rings (SSSR count). The Kier molecular flexibility index (Phi) is 4.85. The molecule has 0 unspecified atom stereocenters. The molecule has 80 valence electrons. The van der Waals surface area contributed by atoms with E-state index < -0.39 is 0 Å². The van der Waals surface area contributed by atoms with Crippen LogP contribution in [-0.2, 0) is 11.3 Å². The normalized spacial score (nSPS) is 9.73. The third-order valence-electron chi connectivity index (χ3n) is 2.14. The van der Waals surface area contributed by atoms with Crippen LogP contribution in [0.3, 0.4) is 0 Å². The predicted octanol–water partition coefficient (Wildman–Crippen LogP) is 3.81. The molecule has 0 aromatic heterocycles. The molecule has 1 nitrogen and oxygen atoms in total. The fraction of sp³-hybridized carbons (Fsp3) is 0.286. The maximum absolute atomic E-state index is 5.55. The molecule has 1 aromatic carbocycles. The van der Waals surface area contributed by atoms with Gasteiger partial charge in [-0.1, -0.05) is 48.6 Å². The zero-order valence-corrected chi connectivity index (χ0v) is 9.49. The Balaban J connectivity index is 2.50. The van der Waals surface area contributed by atoms with Gasteiger partial charge >= 0.3 is 0 Å². The predicted molar refractivity (Wildman–Crippen MR) is 65.6 cm³/mol. The number of hydrogen-bond donors (Lipinski definition) is 0. The van der Waals surface area contributed by atoms with Crippen molar-refractivity contribution in [1.82, 2.24) is 0 Å². The van der Waals surface area contributed by atoms with Crippen LogP contribution in [0.25, 0.3) is 6.08 Å². The standard InChI is InChI=1S/C14H18O/c1-4-13-7-5-6-8-14(13)11-15-10-9-12(2)3/h4-9H,1,10-11H2,2-3H3. The number of ether oxygens (including phenoxy) is 1. The summed E-state index contributed by atoms with van der Waals surface area (Å²) in [5.74, 6) is 0. The fourth-order valence-electron chi connectivity index (χ4n) is 1.26. The largest absolute Gasteiger partial charge is 0.373 e. The van der Waals surface area contributed by atoms with E-state index in [1.165, 1.54) is 11.1 Å². The second kappa shape index (κ2) is 6.20. The highest BCUT2D eigenvalue weighted by Crippen LogP contribution is 2.11. The van der Waals surface area contributed by atoms with E-state index in [-0.39, 0.29) is 0 Å². The summed E-state index contributed by atoms with van der Waals surface area (Å²) in [5.41, 5.74) is 3.62. The molecular weight excluding hydrogens is 184 g/mol. The summed E-state index contributed by atoms with van der Waals surface area (Å²) in [6.45, 7) is 9.24. The van der Waals surface area contributed by atoms with E-state index in [9.17, 15) is 0 Å². The average molecular weight is 202 g/mol. The molecule has 0 spiro atoms. The van der Waals surface area contributed by atoms with Crippen LogP contribution in [0.1, 0.15) is 25.0 Å². The van der Waals surface area contributed by atoms with Crippen molar-refractivity contribution in [3.8, 4) is 0 Å². The first-order chi connectivity index (χ1) is 7.24. The molecule has 0 heterocycles. The highest BCUT2D eigenvalue weighted by molar-refractivity contribution is 5.51. The van der Waals surface area contributed by atoms with E-state index >= 15 is 0 Å². The van der Waals surface area contributed by atoms with Gasteiger partial charge in [-0.2, -0.15) is 0 Å². The lowest BCUT2D eigenvalue weighted by atomic mass is 10.1. The Morgan fingerprint density at radius 2 is 2.07 bits per heavy atom. The minimum atomic E-state index is 0.645. The minimum Gasteiger partial charge on any atom is -0.373 e. The van der Waals surface area contributed by atoms with E-state index in [2.05, 4.69) is 32.6 Å². The van der Waals surface area contributed by atoms with Gasteiger partial charge in [0.05, 0.1) is 13.2 Å². The number of allylic oxidation sites excluding steroid dienone is 1. The average Bonchev–Trinajstić information content (AvgIpc) is 2.24. The fourth-order valence-corrected chi connectivity index (χ4v) is 1.26. The van der Waals surface area contributed by atoms with E-state index in [1.54, 1.807) is 0 Å². The van der Waals surface area contributed by atoms with Gasteiger partial charge in [0.2, 0.25) is 0 Å². The molecule has 0 fully saturated rings. The van der Waals surface area contributed by atoms with Gasteiger partial charge in [-0.05, 0) is 25.0 Å². The molecule has 0 bridgehead atoms. The van der Waals surface area contributed by atoms with Crippen LogP contribution in [0.5, 0.6) is 0 Å². The number of hydrogen-bond acceptors (Lipinski definition) is 1. The molecule has 1 heteroatoms. The molecule has 0 N–H and O–H groups in total. The van der Waals surface area contributed by atoms with E-state index in [0.29, 0.717) is 13.2 Å². The maximum atomic E-state index is 5.55. The van der Waals surface area contributed by atoms with Crippen LogP contribution >= 0.6 is 0 Å². The second-order valence-electron chi connectivity index (χ2n) is 3.70. The van der Waals surface area contributed by atoms with Crippen molar-refractivity contribution < 1.29 is 4.74 Å². The minimum absolute atomic E-state index is 0.645. The van der Waals surface area contributed by atoms with Crippen LogP contribution in [0.15, 0.2) is 42.5 Å². The lowest BCUT2D eigenvalue weighted by Gasteiger charge is -2.05. The summed E-state index contributed by atoms with van der Waals surface area (Å²) in [6.07, 6.45) is 3.94. The van der Waals surface area contributed by atoms with E-state index in [1.807, 2.05) is 24.3 Å². The van der Waals surface area contributed by atoms with Crippen molar-refractivity contribution in [1.29, 1.82) is 0 Å². The monoisotopic (exact) mass is 202 g/mol. The van der Waals surface area contributed by atoms with Crippen molar-refractivity contribution in [3.63, 3.8) is 0 Å². The highest BCUT2D eigenvalue weighted by Gasteiger charge is 1.96. The molecule has 0 aliphatic heterocycles. The zero-order valence-electron chi connectivity index (χ0n) is 9.49. The second-order valence-corrected chi connectivity index (χ2v) is 3.70. The smallest absolute Gasteiger partial charge is 0.0726 e. The quantitative estimate of drug-likeness (QED) is 0.521. The van der Waals surface area contributed by atoms with Crippen LogP contribution < -0.4 is 0 Å². The summed E-state index contributed by atoms with van der Waals surface area (Å²) in [6, 6.07) is 8.15. The first-order valence-electron chi connectivity index (χ1n) is 5.15. The lowest BCUT2D eigenvalue weighted by Crippen LogP contribution is -1.95. The topological polar surface area (TPSA) is 9.23 Å². The Bertz CT molecular complexity index is 346. The highest BCUT2D eigenvalue weighted by atomic mass is 16.5. The summed E-state index contributed by atoms with van der Waals surface area (Å²) < 4.78 is 5.55. The van der Waals surface area contributed by atoms with Crippen molar-refractivity contribution in [2.45, 2.75) is 20.5 Å². The number of rotatable bonds is 5. The summed E-state index contributed by atoms with van der Waals surface area (Å²) in [7, 11) is 0. The summed E-state index contributed by atoms with van der Waals surface area (Å²) >= 11 is 0. The summed E-state index contributed by atoms with van der Waals surface area (Å²) in [4.78, 5) is 0. The molecule has 0 aliphatic carbocycles. The van der Waals surface area contributed by atoms with Gasteiger partial charge in [-0.3, -0.25) is 0 Å². The summed E-state index contributed by atoms with van der Waals surface area (Å²) in [5, 5.41) is 0. The van der Waals surface area contributed by atoms with Crippen LogP contribution in [0.2, 0.25) is 0 Å². The third kappa shape index (κ3) is 4.13. The van der Waals surface area contributed by atoms with Crippen LogP contribution in [0.4, 0.5) is 0 Å². The van der Waals surface area contributed by atoms with Crippen molar-refractivity contribution >= 4 is 6.08 Å². The molecule has 1 aromatic rings. The Morgan fingerprint density at radius 1 is 1.33 bits per heavy atom. The van der Waals surface area contributed by atoms with Crippen molar-refractivity contribution in [2.24, 2.45) is 0 Å². The van der Waals surface area contributed by atoms with Crippen LogP contribution in [0, 0.1) is 0 Å². The first-order valence-corrected chi connectivity index (χ1v) is 5.15. The first kappa shape index (κ1) is 11.7. The molecule has 0 saturated carbocycles. The molecule has 0 radical (unpaired) electrons.